The van der Waals surface area contributed by atoms with Gasteiger partial charge in [0.15, 0.2) is 5.15 Å². The first-order chi connectivity index (χ1) is 18.3. The molecule has 2 heterocycles. The van der Waals surface area contributed by atoms with Crippen LogP contribution in [-0.4, -0.2) is 53.0 Å². The molecular formula is C27H31BrClF3N4O3. The van der Waals surface area contributed by atoms with Gasteiger partial charge in [0.05, 0.1) is 17.1 Å². The number of amides is 1. The van der Waals surface area contributed by atoms with Crippen LogP contribution in [0, 0.1) is 11.8 Å². The van der Waals surface area contributed by atoms with Crippen LogP contribution in [0.1, 0.15) is 63.1 Å². The molecule has 1 aromatic carbocycles. The predicted molar refractivity (Wildman–Crippen MR) is 147 cm³/mol. The molecule has 0 aliphatic carbocycles. The van der Waals surface area contributed by atoms with E-state index in [0.717, 1.165) is 30.5 Å². The number of anilines is 1. The molecule has 2 aromatic rings. The summed E-state index contributed by atoms with van der Waals surface area (Å²) < 4.78 is 50.5. The summed E-state index contributed by atoms with van der Waals surface area (Å²) in [5.74, 6) is 6.35. The lowest BCUT2D eigenvalue weighted by Gasteiger charge is -2.34. The van der Waals surface area contributed by atoms with Gasteiger partial charge < -0.3 is 19.7 Å². The van der Waals surface area contributed by atoms with E-state index in [1.165, 1.54) is 7.11 Å². The van der Waals surface area contributed by atoms with E-state index in [1.54, 1.807) is 4.90 Å². The molecule has 3 rings (SSSR count). The molecule has 1 amide bonds. The van der Waals surface area contributed by atoms with Crippen molar-refractivity contribution in [2.75, 3.05) is 25.5 Å². The number of aryl methyl sites for hydroxylation is 1. The summed E-state index contributed by atoms with van der Waals surface area (Å²) in [6, 6.07) is 3.74. The number of unbranched alkanes of at least 4 members (excludes halogenated alkanes) is 1. The number of halogens is 5. The first-order valence-corrected chi connectivity index (χ1v) is 13.6. The predicted octanol–water partition coefficient (Wildman–Crippen LogP) is 7.11. The maximum Gasteiger partial charge on any atom is 0.416 e. The normalized spacial score (nSPS) is 15.8. The number of piperidine rings is 1. The number of ether oxygens (including phenoxy) is 2. The molecule has 1 aliphatic rings. The highest BCUT2D eigenvalue weighted by atomic mass is 79.9. The Balaban J connectivity index is 1.60. The molecule has 0 saturated carbocycles. The quantitative estimate of drug-likeness (QED) is 0.271. The third kappa shape index (κ3) is 9.17. The van der Waals surface area contributed by atoms with Crippen LogP contribution in [0.4, 0.5) is 23.8 Å². The molecule has 0 bridgehead atoms. The van der Waals surface area contributed by atoms with Gasteiger partial charge in [-0.3, -0.25) is 0 Å². The van der Waals surface area contributed by atoms with Crippen LogP contribution in [0.25, 0.3) is 0 Å². The fraction of sp³-hybridized carbons (Fsp3) is 0.519. The Morgan fingerprint density at radius 2 is 2.00 bits per heavy atom. The lowest BCUT2D eigenvalue weighted by molar-refractivity contribution is -0.137. The lowest BCUT2D eigenvalue weighted by Crippen LogP contribution is -2.47. The summed E-state index contributed by atoms with van der Waals surface area (Å²) in [5.41, 5.74) is -0.412. The monoisotopic (exact) mass is 630 g/mol. The van der Waals surface area contributed by atoms with E-state index >= 15 is 0 Å². The van der Waals surface area contributed by atoms with Gasteiger partial charge in [-0.2, -0.15) is 13.2 Å². The van der Waals surface area contributed by atoms with E-state index in [-0.39, 0.29) is 28.6 Å². The van der Waals surface area contributed by atoms with E-state index in [4.69, 9.17) is 21.1 Å². The number of carbonyl (C=O) groups is 1. The summed E-state index contributed by atoms with van der Waals surface area (Å²) in [4.78, 5) is 14.1. The van der Waals surface area contributed by atoms with Crippen LogP contribution in [-0.2, 0) is 17.3 Å². The number of hydrogen-bond acceptors (Lipinski definition) is 6. The highest BCUT2D eigenvalue weighted by Crippen LogP contribution is 2.37. The average molecular weight is 632 g/mol. The van der Waals surface area contributed by atoms with Gasteiger partial charge in [0.2, 0.25) is 0 Å². The topological polar surface area (TPSA) is 76.6 Å². The van der Waals surface area contributed by atoms with Crippen molar-refractivity contribution in [1.29, 1.82) is 0 Å². The van der Waals surface area contributed by atoms with Gasteiger partial charge in [-0.15, -0.1) is 10.2 Å². The zero-order chi connectivity index (χ0) is 28.8. The molecule has 1 aromatic heterocycles. The van der Waals surface area contributed by atoms with Crippen LogP contribution in [0.5, 0.6) is 5.75 Å². The molecule has 1 unspecified atom stereocenters. The van der Waals surface area contributed by atoms with Gasteiger partial charge in [-0.25, -0.2) is 4.79 Å². The van der Waals surface area contributed by atoms with Crippen LogP contribution in [0.2, 0.25) is 5.15 Å². The number of aromatic nitrogens is 2. The Morgan fingerprint density at radius 1 is 1.26 bits per heavy atom. The zero-order valence-electron chi connectivity index (χ0n) is 22.2. The first-order valence-electron chi connectivity index (χ1n) is 12.5. The summed E-state index contributed by atoms with van der Waals surface area (Å²) in [6.07, 6.45) is -1.55. The second-order valence-corrected chi connectivity index (χ2v) is 11.3. The number of nitrogens with zero attached hydrogens (tertiary/aromatic N) is 3. The zero-order valence-corrected chi connectivity index (χ0v) is 24.6. The molecule has 1 aliphatic heterocycles. The summed E-state index contributed by atoms with van der Waals surface area (Å²) >= 11 is 9.52. The van der Waals surface area contributed by atoms with Crippen LogP contribution < -0.4 is 10.1 Å². The minimum absolute atomic E-state index is 0.0108. The number of carbonyl (C=O) groups excluding carboxylic acids is 1. The van der Waals surface area contributed by atoms with Gasteiger partial charge in [-0.1, -0.05) is 23.4 Å². The Morgan fingerprint density at radius 3 is 2.67 bits per heavy atom. The Labute approximate surface area is 239 Å². The fourth-order valence-electron chi connectivity index (χ4n) is 3.98. The lowest BCUT2D eigenvalue weighted by atomic mass is 10.1. The summed E-state index contributed by atoms with van der Waals surface area (Å²) in [6.45, 7) is 6.63. The molecule has 1 atom stereocenters. The molecule has 212 valence electrons. The molecule has 1 fully saturated rings. The summed E-state index contributed by atoms with van der Waals surface area (Å²) in [5, 5.41) is 11.8. The first kappa shape index (κ1) is 30.8. The molecule has 39 heavy (non-hydrogen) atoms. The van der Waals surface area contributed by atoms with Crippen molar-refractivity contribution >= 4 is 39.4 Å². The van der Waals surface area contributed by atoms with Gasteiger partial charge in [0.1, 0.15) is 17.2 Å². The van der Waals surface area contributed by atoms with E-state index in [2.05, 4.69) is 43.3 Å². The molecule has 1 N–H and O–H groups in total. The van der Waals surface area contributed by atoms with E-state index < -0.39 is 17.3 Å². The highest BCUT2D eigenvalue weighted by Gasteiger charge is 2.32. The second-order valence-electron chi connectivity index (χ2n) is 10.1. The van der Waals surface area contributed by atoms with Gasteiger partial charge >= 0.3 is 12.3 Å². The number of nitrogens with one attached hydrogen (secondary N) is 1. The Bertz CT molecular complexity index is 1240. The highest BCUT2D eigenvalue weighted by molar-refractivity contribution is 9.10. The van der Waals surface area contributed by atoms with E-state index in [1.807, 2.05) is 26.8 Å². The standard InChI is InChI=1S/C27H31BrClF3N4O3/c1-26(2,3)39-25(37)36-12-8-11-20(16-36)33-22-14-18(24(29)35-34-22)10-7-5-6-9-17-13-19(27(30,31)32)15-21(38-4)23(17)28/h13-15,20H,5,7-8,10-12,16H2,1-4H3,(H,33,34). The van der Waals surface area contributed by atoms with Gasteiger partial charge in [-0.05, 0) is 86.1 Å². The smallest absolute Gasteiger partial charge is 0.416 e. The third-order valence-electron chi connectivity index (χ3n) is 5.80. The Kier molecular flexibility index (Phi) is 10.4. The van der Waals surface area contributed by atoms with E-state index in [9.17, 15) is 18.0 Å². The molecule has 1 saturated heterocycles. The average Bonchev–Trinajstić information content (AvgIpc) is 2.85. The van der Waals surface area contributed by atoms with E-state index in [0.29, 0.717) is 42.6 Å². The van der Waals surface area contributed by atoms with Crippen molar-refractivity contribution < 1.29 is 27.4 Å². The van der Waals surface area contributed by atoms with Gasteiger partial charge in [0.25, 0.3) is 0 Å². The number of methoxy groups -OCH3 is 1. The van der Waals surface area contributed by atoms with Crippen LogP contribution >= 0.6 is 27.5 Å². The van der Waals surface area contributed by atoms with Crippen molar-refractivity contribution in [3.63, 3.8) is 0 Å². The maximum atomic E-state index is 13.2. The van der Waals surface area contributed by atoms with Gasteiger partial charge in [0, 0.05) is 31.1 Å². The van der Waals surface area contributed by atoms with Crippen molar-refractivity contribution in [3.8, 4) is 17.6 Å². The largest absolute Gasteiger partial charge is 0.496 e. The maximum absolute atomic E-state index is 13.2. The SMILES string of the molecule is COc1cc(C(F)(F)F)cc(C#CCCCc2cc(NC3CCCN(C(=O)OC(C)(C)C)C3)nnc2Cl)c1Br. The van der Waals surface area contributed by atoms with Crippen LogP contribution in [0.15, 0.2) is 22.7 Å². The van der Waals surface area contributed by atoms with Crippen LogP contribution in [0.3, 0.4) is 0 Å². The van der Waals surface area contributed by atoms with Crippen molar-refractivity contribution in [1.82, 2.24) is 15.1 Å². The minimum Gasteiger partial charge on any atom is -0.496 e. The van der Waals surface area contributed by atoms with Crippen molar-refractivity contribution in [3.05, 3.63) is 44.5 Å². The molecule has 0 spiro atoms. The van der Waals surface area contributed by atoms with Crippen molar-refractivity contribution in [2.24, 2.45) is 0 Å². The third-order valence-corrected chi connectivity index (χ3v) is 6.94. The fourth-order valence-corrected chi connectivity index (χ4v) is 4.66. The molecular weight excluding hydrogens is 601 g/mol. The molecule has 7 nitrogen and oxygen atoms in total. The second kappa shape index (κ2) is 13.1. The number of benzene rings is 1. The molecule has 12 heteroatoms. The Hall–Kier alpha value is -2.71. The minimum atomic E-state index is -4.51. The molecule has 0 radical (unpaired) electrons. The number of alkyl halides is 3. The van der Waals surface area contributed by atoms with Crippen molar-refractivity contribution in [2.45, 2.75) is 70.7 Å². The number of rotatable bonds is 6. The number of likely N-dealkylation sites (tertiary alicyclic amines) is 1. The summed E-state index contributed by atoms with van der Waals surface area (Å²) in [7, 11) is 1.30. The number of hydrogen-bond donors (Lipinski definition) is 1.